The van der Waals surface area contributed by atoms with Gasteiger partial charge in [-0.3, -0.25) is 4.79 Å². The van der Waals surface area contributed by atoms with E-state index in [1.807, 2.05) is 17.0 Å². The molecule has 3 heterocycles. The Morgan fingerprint density at radius 3 is 2.52 bits per heavy atom. The molecule has 0 radical (unpaired) electrons. The summed E-state index contributed by atoms with van der Waals surface area (Å²) in [5.41, 5.74) is 8.49. The van der Waals surface area contributed by atoms with Gasteiger partial charge in [0, 0.05) is 58.1 Å². The minimum absolute atomic E-state index is 0.248. The molecule has 2 N–H and O–H groups in total. The molecule has 2 aromatic rings. The molecule has 152 valence electrons. The lowest BCUT2D eigenvalue weighted by atomic mass is 10.1. The monoisotopic (exact) mass is 393 g/mol. The van der Waals surface area contributed by atoms with E-state index in [2.05, 4.69) is 43.0 Å². The highest BCUT2D eigenvalue weighted by Crippen LogP contribution is 2.16. The van der Waals surface area contributed by atoms with E-state index in [1.165, 1.54) is 0 Å². The van der Waals surface area contributed by atoms with Crippen LogP contribution in [0.25, 0.3) is 0 Å². The molecule has 29 heavy (non-hydrogen) atoms. The molecule has 2 saturated heterocycles. The van der Waals surface area contributed by atoms with Crippen LogP contribution in [-0.2, 0) is 17.9 Å². The van der Waals surface area contributed by atoms with Crippen LogP contribution in [0.15, 0.2) is 47.7 Å². The maximum Gasteiger partial charge on any atom is 0.225 e. The van der Waals surface area contributed by atoms with Crippen molar-refractivity contribution in [3.05, 3.63) is 53.9 Å². The van der Waals surface area contributed by atoms with Crippen molar-refractivity contribution < 1.29 is 4.79 Å². The molecule has 0 aliphatic carbocycles. The minimum atomic E-state index is 0.248. The molecule has 2 fully saturated rings. The van der Waals surface area contributed by atoms with Gasteiger partial charge in [0.2, 0.25) is 11.9 Å². The molecule has 4 rings (SSSR count). The number of nitrogens with two attached hydrogens (primary N) is 1. The molecule has 0 bridgehead atoms. The molecule has 0 spiro atoms. The first-order valence-electron chi connectivity index (χ1n) is 10.1. The zero-order chi connectivity index (χ0) is 20.1. The van der Waals surface area contributed by atoms with Crippen molar-refractivity contribution in [3.8, 4) is 0 Å². The minimum Gasteiger partial charge on any atom is -0.370 e. The smallest absolute Gasteiger partial charge is 0.225 e. The lowest BCUT2D eigenvalue weighted by Gasteiger charge is -2.35. The van der Waals surface area contributed by atoms with Crippen molar-refractivity contribution in [1.29, 1.82) is 0 Å². The normalized spacial score (nSPS) is 17.9. The Labute approximate surface area is 171 Å². The second-order valence-electron chi connectivity index (χ2n) is 7.44. The van der Waals surface area contributed by atoms with Crippen molar-refractivity contribution in [2.24, 2.45) is 10.7 Å². The molecule has 2 aliphatic heterocycles. The largest absolute Gasteiger partial charge is 0.370 e. The number of hydrogen-bond donors (Lipinski definition) is 1. The summed E-state index contributed by atoms with van der Waals surface area (Å²) in [6.45, 7) is 5.30. The summed E-state index contributed by atoms with van der Waals surface area (Å²) < 4.78 is 0. The maximum absolute atomic E-state index is 11.8. The van der Waals surface area contributed by atoms with Gasteiger partial charge in [-0.05, 0) is 23.6 Å². The van der Waals surface area contributed by atoms with Crippen molar-refractivity contribution in [2.75, 3.05) is 37.6 Å². The predicted octanol–water partition coefficient (Wildman–Crippen LogP) is 1.24. The Morgan fingerprint density at radius 1 is 1.03 bits per heavy atom. The summed E-state index contributed by atoms with van der Waals surface area (Å²) in [4.78, 5) is 31.2. The zero-order valence-electron chi connectivity index (χ0n) is 16.6. The van der Waals surface area contributed by atoms with E-state index >= 15 is 0 Å². The molecule has 1 aromatic heterocycles. The lowest BCUT2D eigenvalue weighted by molar-refractivity contribution is -0.128. The number of benzene rings is 1. The van der Waals surface area contributed by atoms with Gasteiger partial charge in [-0.2, -0.15) is 0 Å². The van der Waals surface area contributed by atoms with Crippen molar-refractivity contribution >= 4 is 17.8 Å². The van der Waals surface area contributed by atoms with Crippen LogP contribution in [0.3, 0.4) is 0 Å². The molecular formula is C21H27N7O. The highest BCUT2D eigenvalue weighted by molar-refractivity contribution is 5.78. The molecule has 8 nitrogen and oxygen atoms in total. The number of guanidine groups is 1. The Kier molecular flexibility index (Phi) is 5.88. The SMILES string of the molecule is NC(=NCc1cccc(CN2CCCC2=O)c1)N1CCN(c2ncccn2)CC1. The van der Waals surface area contributed by atoms with Gasteiger partial charge in [0.1, 0.15) is 0 Å². The third-order valence-electron chi connectivity index (χ3n) is 5.40. The summed E-state index contributed by atoms with van der Waals surface area (Å²) in [5.74, 6) is 1.58. The highest BCUT2D eigenvalue weighted by Gasteiger charge is 2.21. The third-order valence-corrected chi connectivity index (χ3v) is 5.40. The number of carbonyl (C=O) groups excluding carboxylic acids is 1. The first-order valence-corrected chi connectivity index (χ1v) is 10.1. The average Bonchev–Trinajstić information content (AvgIpc) is 3.17. The van der Waals surface area contributed by atoms with E-state index in [0.29, 0.717) is 25.5 Å². The number of piperazine rings is 1. The Morgan fingerprint density at radius 2 is 1.79 bits per heavy atom. The van der Waals surface area contributed by atoms with E-state index in [-0.39, 0.29) is 5.91 Å². The number of aliphatic imine (C=N–C) groups is 1. The van der Waals surface area contributed by atoms with Gasteiger partial charge in [-0.15, -0.1) is 0 Å². The van der Waals surface area contributed by atoms with Crippen molar-refractivity contribution in [1.82, 2.24) is 19.8 Å². The quantitative estimate of drug-likeness (QED) is 0.607. The molecular weight excluding hydrogens is 366 g/mol. The summed E-state index contributed by atoms with van der Waals surface area (Å²) in [5, 5.41) is 0. The van der Waals surface area contributed by atoms with Gasteiger partial charge in [-0.25, -0.2) is 15.0 Å². The highest BCUT2D eigenvalue weighted by atomic mass is 16.2. The molecule has 0 saturated carbocycles. The fraction of sp³-hybridized carbons (Fsp3) is 0.429. The lowest BCUT2D eigenvalue weighted by Crippen LogP contribution is -2.51. The summed E-state index contributed by atoms with van der Waals surface area (Å²) in [6, 6.07) is 10.1. The number of likely N-dealkylation sites (tertiary alicyclic amines) is 1. The van der Waals surface area contributed by atoms with Gasteiger partial charge in [0.05, 0.1) is 6.54 Å². The Hall–Kier alpha value is -3.16. The second kappa shape index (κ2) is 8.89. The van der Waals surface area contributed by atoms with Crippen LogP contribution in [0.5, 0.6) is 0 Å². The van der Waals surface area contributed by atoms with E-state index in [9.17, 15) is 4.79 Å². The first kappa shape index (κ1) is 19.2. The van der Waals surface area contributed by atoms with Crippen LogP contribution < -0.4 is 10.6 Å². The third kappa shape index (κ3) is 4.82. The van der Waals surface area contributed by atoms with Crippen molar-refractivity contribution in [3.63, 3.8) is 0 Å². The topological polar surface area (TPSA) is 91.0 Å². The summed E-state index contributed by atoms with van der Waals surface area (Å²) in [7, 11) is 0. The maximum atomic E-state index is 11.8. The molecule has 8 heteroatoms. The van der Waals surface area contributed by atoms with Crippen LogP contribution in [0, 0.1) is 0 Å². The van der Waals surface area contributed by atoms with E-state index in [4.69, 9.17) is 5.73 Å². The van der Waals surface area contributed by atoms with Gasteiger partial charge in [0.15, 0.2) is 5.96 Å². The molecule has 1 aromatic carbocycles. The number of nitrogens with zero attached hydrogens (tertiary/aromatic N) is 6. The fourth-order valence-corrected chi connectivity index (χ4v) is 3.78. The van der Waals surface area contributed by atoms with E-state index in [1.54, 1.807) is 12.4 Å². The average molecular weight is 393 g/mol. The summed E-state index contributed by atoms with van der Waals surface area (Å²) in [6.07, 6.45) is 5.16. The molecule has 1 amide bonds. The van der Waals surface area contributed by atoms with Crippen LogP contribution in [0.1, 0.15) is 24.0 Å². The van der Waals surface area contributed by atoms with Gasteiger partial charge in [0.25, 0.3) is 0 Å². The van der Waals surface area contributed by atoms with Crippen LogP contribution >= 0.6 is 0 Å². The molecule has 0 atom stereocenters. The van der Waals surface area contributed by atoms with Crippen LogP contribution in [0.2, 0.25) is 0 Å². The predicted molar refractivity (Wildman–Crippen MR) is 112 cm³/mol. The standard InChI is InChI=1S/C21H27N7O/c22-20(26-10-12-27(13-11-26)21-23-7-3-8-24-21)25-15-17-4-1-5-18(14-17)16-28-9-2-6-19(28)29/h1,3-5,7-8,14H,2,6,9-13,15-16H2,(H2,22,25). The Balaban J connectivity index is 1.31. The zero-order valence-corrected chi connectivity index (χ0v) is 16.6. The molecule has 2 aliphatic rings. The second-order valence-corrected chi connectivity index (χ2v) is 7.44. The number of anilines is 1. The summed E-state index contributed by atoms with van der Waals surface area (Å²) >= 11 is 0. The number of aromatic nitrogens is 2. The fourth-order valence-electron chi connectivity index (χ4n) is 3.78. The van der Waals surface area contributed by atoms with E-state index < -0.39 is 0 Å². The van der Waals surface area contributed by atoms with Gasteiger partial charge in [-0.1, -0.05) is 24.3 Å². The van der Waals surface area contributed by atoms with Gasteiger partial charge < -0.3 is 20.4 Å². The van der Waals surface area contributed by atoms with Crippen LogP contribution in [0.4, 0.5) is 5.95 Å². The van der Waals surface area contributed by atoms with Gasteiger partial charge >= 0.3 is 0 Å². The number of hydrogen-bond acceptors (Lipinski definition) is 5. The van der Waals surface area contributed by atoms with E-state index in [0.717, 1.165) is 56.2 Å². The number of rotatable bonds is 5. The number of amides is 1. The molecule has 0 unspecified atom stereocenters. The number of carbonyl (C=O) groups is 1. The first-order chi connectivity index (χ1) is 14.2. The van der Waals surface area contributed by atoms with Crippen LogP contribution in [-0.4, -0.2) is 64.4 Å². The Bertz CT molecular complexity index is 862. The van der Waals surface area contributed by atoms with Crippen molar-refractivity contribution in [2.45, 2.75) is 25.9 Å².